The van der Waals surface area contributed by atoms with Crippen LogP contribution in [0.15, 0.2) is 30.3 Å². The number of nitrogens with one attached hydrogen (secondary N) is 1. The number of rotatable bonds is 18. The largest absolute Gasteiger partial charge is 0.395 e. The molecule has 2 atom stereocenters. The summed E-state index contributed by atoms with van der Waals surface area (Å²) in [7, 11) is -6.04. The van der Waals surface area contributed by atoms with Gasteiger partial charge in [0.2, 0.25) is 10.0 Å². The van der Waals surface area contributed by atoms with Crippen LogP contribution in [0.2, 0.25) is 0 Å². The van der Waals surface area contributed by atoms with E-state index in [-0.39, 0.29) is 25.0 Å². The third kappa shape index (κ3) is 19.0. The zero-order chi connectivity index (χ0) is 25.0. The maximum Gasteiger partial charge on any atom is 0.347 e. The summed E-state index contributed by atoms with van der Waals surface area (Å²) in [6.45, 7) is 4.25. The molecule has 0 saturated heterocycles. The summed E-state index contributed by atoms with van der Waals surface area (Å²) < 4.78 is 51.8. The second-order valence-corrected chi connectivity index (χ2v) is 11.0. The molecular formula is C23H42NO7PS. The Hall–Kier alpha value is -1.09. The first-order chi connectivity index (χ1) is 15.8. The summed E-state index contributed by atoms with van der Waals surface area (Å²) in [5, 5.41) is 18.1. The molecule has 1 aromatic rings. The molecular weight excluding hydrogens is 465 g/mol. The van der Waals surface area contributed by atoms with Crippen molar-refractivity contribution < 1.29 is 32.5 Å². The average molecular weight is 508 g/mol. The van der Waals surface area contributed by atoms with Crippen molar-refractivity contribution in [2.75, 3.05) is 19.0 Å². The zero-order valence-corrected chi connectivity index (χ0v) is 21.7. The number of hydrogen-bond acceptors (Lipinski definition) is 7. The quantitative estimate of drug-likeness (QED) is 0.197. The summed E-state index contributed by atoms with van der Waals surface area (Å²) in [6, 6.07) is 9.03. The van der Waals surface area contributed by atoms with Gasteiger partial charge in [-0.15, -0.1) is 0 Å². The van der Waals surface area contributed by atoms with E-state index in [0.717, 1.165) is 50.5 Å². The molecule has 0 amide bonds. The van der Waals surface area contributed by atoms with Crippen LogP contribution in [0.1, 0.15) is 77.2 Å². The number of ether oxygens (including phenoxy) is 1. The highest BCUT2D eigenvalue weighted by Crippen LogP contribution is 2.12. The number of unbranched alkanes of at least 4 members (excludes halogenated alkanes) is 6. The molecule has 1 aromatic carbocycles. The maximum absolute atomic E-state index is 11.8. The van der Waals surface area contributed by atoms with Gasteiger partial charge in [0.05, 0.1) is 25.6 Å². The van der Waals surface area contributed by atoms with Gasteiger partial charge in [-0.25, -0.2) is 22.3 Å². The summed E-state index contributed by atoms with van der Waals surface area (Å²) in [5.74, 6) is -1.23. The van der Waals surface area contributed by atoms with Crippen LogP contribution < -0.4 is 4.72 Å². The van der Waals surface area contributed by atoms with E-state index in [1.165, 1.54) is 6.42 Å². The molecule has 192 valence electrons. The van der Waals surface area contributed by atoms with Crippen molar-refractivity contribution in [3.63, 3.8) is 0 Å². The van der Waals surface area contributed by atoms with E-state index >= 15 is 0 Å². The number of aliphatic hydroxyl groups excluding tert-OH is 2. The van der Waals surface area contributed by atoms with Crippen LogP contribution in [0.3, 0.4) is 0 Å². The zero-order valence-electron chi connectivity index (χ0n) is 20.0. The Labute approximate surface area is 200 Å². The Morgan fingerprint density at radius 2 is 1.58 bits per heavy atom. The standard InChI is InChI=1S/C14H31NO3S.C9H11O4P/c1-3-5-7-9-11-14(13-16)15-19(17,18)12-10-8-6-4-2;10-9(14(11)12)7-13-6-8-4-2-1-3-5-8/h14-16H,3-13H2,1-2H3;1-5,9-10H,6-7H2. The molecule has 0 aromatic heterocycles. The van der Waals surface area contributed by atoms with Gasteiger partial charge in [-0.05, 0) is 18.4 Å². The van der Waals surface area contributed by atoms with E-state index in [4.69, 9.17) is 9.84 Å². The minimum atomic E-state index is -3.23. The molecule has 10 heteroatoms. The van der Waals surface area contributed by atoms with Gasteiger partial charge in [0.1, 0.15) is 0 Å². The van der Waals surface area contributed by atoms with E-state index in [2.05, 4.69) is 18.6 Å². The lowest BCUT2D eigenvalue weighted by atomic mass is 10.1. The smallest absolute Gasteiger partial charge is 0.347 e. The van der Waals surface area contributed by atoms with Crippen molar-refractivity contribution in [3.8, 4) is 0 Å². The normalized spacial score (nSPS) is 13.1. The number of aliphatic hydroxyl groups is 2. The highest BCUT2D eigenvalue weighted by Gasteiger charge is 2.16. The number of hydrogen-bond donors (Lipinski definition) is 3. The van der Waals surface area contributed by atoms with Crippen LogP contribution in [0.4, 0.5) is 0 Å². The SMILES string of the molecule is CCCCCCC(CO)NS(=O)(=O)CCCCCC.O=P(=O)C(O)COCc1ccccc1. The number of benzene rings is 1. The first-order valence-corrected chi connectivity index (χ1v) is 14.7. The Kier molecular flexibility index (Phi) is 19.6. The number of sulfonamides is 1. The van der Waals surface area contributed by atoms with Gasteiger partial charge < -0.3 is 14.9 Å². The highest BCUT2D eigenvalue weighted by atomic mass is 32.2. The van der Waals surface area contributed by atoms with Crippen LogP contribution in [0.5, 0.6) is 0 Å². The Bertz CT molecular complexity index is 749. The van der Waals surface area contributed by atoms with Crippen LogP contribution in [-0.4, -0.2) is 49.5 Å². The molecule has 8 nitrogen and oxygen atoms in total. The van der Waals surface area contributed by atoms with Gasteiger partial charge in [-0.2, -0.15) is 0 Å². The molecule has 3 N–H and O–H groups in total. The van der Waals surface area contributed by atoms with E-state index in [0.29, 0.717) is 13.0 Å². The minimum Gasteiger partial charge on any atom is -0.395 e. The van der Waals surface area contributed by atoms with E-state index < -0.39 is 23.5 Å². The van der Waals surface area contributed by atoms with Crippen molar-refractivity contribution in [2.45, 2.75) is 90.1 Å². The third-order valence-electron chi connectivity index (χ3n) is 4.86. The molecule has 0 heterocycles. The molecule has 0 spiro atoms. The highest BCUT2D eigenvalue weighted by molar-refractivity contribution is 7.89. The Morgan fingerprint density at radius 1 is 0.970 bits per heavy atom. The molecule has 0 aliphatic carbocycles. The second-order valence-electron chi connectivity index (χ2n) is 7.99. The fourth-order valence-electron chi connectivity index (χ4n) is 2.95. The van der Waals surface area contributed by atoms with Crippen molar-refractivity contribution in [1.82, 2.24) is 4.72 Å². The maximum atomic E-state index is 11.8. The van der Waals surface area contributed by atoms with Gasteiger partial charge in [0.15, 0.2) is 5.85 Å². The van der Waals surface area contributed by atoms with Crippen LogP contribution in [0.25, 0.3) is 0 Å². The molecule has 33 heavy (non-hydrogen) atoms. The van der Waals surface area contributed by atoms with Crippen molar-refractivity contribution in [1.29, 1.82) is 0 Å². The van der Waals surface area contributed by atoms with Crippen molar-refractivity contribution in [2.24, 2.45) is 0 Å². The third-order valence-corrected chi connectivity index (χ3v) is 7.02. The molecule has 0 fully saturated rings. The summed E-state index contributed by atoms with van der Waals surface area (Å²) in [4.78, 5) is 0. The van der Waals surface area contributed by atoms with Crippen LogP contribution in [-0.2, 0) is 30.5 Å². The summed E-state index contributed by atoms with van der Waals surface area (Å²) >= 11 is 0. The van der Waals surface area contributed by atoms with Crippen LogP contribution in [0, 0.1) is 0 Å². The average Bonchev–Trinajstić information content (AvgIpc) is 2.79. The fraction of sp³-hybridized carbons (Fsp3) is 0.739. The molecule has 2 unspecified atom stereocenters. The lowest BCUT2D eigenvalue weighted by Gasteiger charge is -2.16. The molecule has 1 rings (SSSR count). The van der Waals surface area contributed by atoms with E-state index in [1.54, 1.807) is 0 Å². The topological polar surface area (TPSA) is 130 Å². The van der Waals surface area contributed by atoms with Crippen LogP contribution >= 0.6 is 7.68 Å². The fourth-order valence-corrected chi connectivity index (χ4v) is 4.58. The van der Waals surface area contributed by atoms with Crippen molar-refractivity contribution >= 4 is 17.7 Å². The Balaban J connectivity index is 0.000000647. The first-order valence-electron chi connectivity index (χ1n) is 11.8. The van der Waals surface area contributed by atoms with Crippen molar-refractivity contribution in [3.05, 3.63) is 35.9 Å². The summed E-state index contributed by atoms with van der Waals surface area (Å²) in [6.07, 6.45) is 8.97. The predicted molar refractivity (Wildman–Crippen MR) is 131 cm³/mol. The van der Waals surface area contributed by atoms with Gasteiger partial charge in [-0.3, -0.25) is 0 Å². The molecule has 0 aliphatic heterocycles. The Morgan fingerprint density at radius 3 is 2.12 bits per heavy atom. The molecule has 0 aliphatic rings. The first kappa shape index (κ1) is 31.9. The molecule has 0 bridgehead atoms. The minimum absolute atomic E-state index is 0.111. The summed E-state index contributed by atoms with van der Waals surface area (Å²) in [5.41, 5.74) is 0.945. The van der Waals surface area contributed by atoms with Gasteiger partial charge >= 0.3 is 7.68 Å². The lowest BCUT2D eigenvalue weighted by Crippen LogP contribution is -2.38. The van der Waals surface area contributed by atoms with Gasteiger partial charge in [0.25, 0.3) is 0 Å². The monoisotopic (exact) mass is 507 g/mol. The second kappa shape index (κ2) is 20.3. The molecule has 0 saturated carbocycles. The predicted octanol–water partition coefficient (Wildman–Crippen LogP) is 4.51. The molecule has 0 radical (unpaired) electrons. The lowest BCUT2D eigenvalue weighted by molar-refractivity contribution is 0.0626. The van der Waals surface area contributed by atoms with Gasteiger partial charge in [-0.1, -0.05) is 89.1 Å². The van der Waals surface area contributed by atoms with E-state index in [1.807, 2.05) is 30.3 Å². The van der Waals surface area contributed by atoms with E-state index in [9.17, 15) is 22.7 Å². The van der Waals surface area contributed by atoms with Gasteiger partial charge in [0, 0.05) is 6.04 Å².